The van der Waals surface area contributed by atoms with Crippen LogP contribution in [0.2, 0.25) is 13.3 Å². The zero-order chi connectivity index (χ0) is 14.6. The molecule has 0 saturated carbocycles. The Bertz CT molecular complexity index is 204. The van der Waals surface area contributed by atoms with Gasteiger partial charge in [0.05, 0.1) is 0 Å². The summed E-state index contributed by atoms with van der Waals surface area (Å²) in [6.45, 7) is 11.7. The monoisotopic (exact) mass is 486 g/mol. The van der Waals surface area contributed by atoms with Crippen molar-refractivity contribution in [2.75, 3.05) is 4.43 Å². The number of halogens is 1. The topological polar surface area (TPSA) is 0 Å². The summed E-state index contributed by atoms with van der Waals surface area (Å²) in [6.07, 6.45) is 11.2. The van der Waals surface area contributed by atoms with Crippen LogP contribution in [0.1, 0.15) is 72.1 Å². The SMILES string of the molecule is C=[C](CCCI)[Sn]([CH2]CCC)([CH2]CCC)[CH2]CCC. The van der Waals surface area contributed by atoms with Gasteiger partial charge >= 0.3 is 141 Å². The van der Waals surface area contributed by atoms with Crippen molar-refractivity contribution < 1.29 is 0 Å². The Labute approximate surface area is 140 Å². The Kier molecular flexibility index (Phi) is 13.8. The zero-order valence-corrected chi connectivity index (χ0v) is 18.6. The fraction of sp³-hybridized carbons (Fsp3) is 0.882. The summed E-state index contributed by atoms with van der Waals surface area (Å²) in [6, 6.07) is 0. The summed E-state index contributed by atoms with van der Waals surface area (Å²) in [5.74, 6) is 0. The van der Waals surface area contributed by atoms with Gasteiger partial charge in [-0.05, 0) is 0 Å². The Morgan fingerprint density at radius 1 is 0.842 bits per heavy atom. The van der Waals surface area contributed by atoms with E-state index >= 15 is 0 Å². The zero-order valence-electron chi connectivity index (χ0n) is 13.6. The van der Waals surface area contributed by atoms with Gasteiger partial charge in [-0.1, -0.05) is 0 Å². The van der Waals surface area contributed by atoms with Crippen molar-refractivity contribution in [2.24, 2.45) is 0 Å². The Morgan fingerprint density at radius 3 is 1.58 bits per heavy atom. The number of allylic oxidation sites excluding steroid dienone is 1. The van der Waals surface area contributed by atoms with Gasteiger partial charge in [-0.3, -0.25) is 0 Å². The second-order valence-electron chi connectivity index (χ2n) is 5.99. The Balaban J connectivity index is 4.79. The third-order valence-electron chi connectivity index (χ3n) is 4.39. The molecule has 0 spiro atoms. The normalized spacial score (nSPS) is 11.8. The summed E-state index contributed by atoms with van der Waals surface area (Å²) >= 11 is 0.469. The quantitative estimate of drug-likeness (QED) is 0.148. The molecule has 0 nitrogen and oxygen atoms in total. The van der Waals surface area contributed by atoms with Gasteiger partial charge in [0.15, 0.2) is 0 Å². The molecule has 0 bridgehead atoms. The van der Waals surface area contributed by atoms with Crippen molar-refractivity contribution in [2.45, 2.75) is 85.4 Å². The Hall–Kier alpha value is 1.27. The van der Waals surface area contributed by atoms with Crippen LogP contribution in [0.4, 0.5) is 0 Å². The molecule has 0 aromatic carbocycles. The number of alkyl halides is 1. The van der Waals surface area contributed by atoms with Gasteiger partial charge in [0.2, 0.25) is 0 Å². The molecule has 0 amide bonds. The summed E-state index contributed by atoms with van der Waals surface area (Å²) in [4.78, 5) is 0. The minimum atomic E-state index is -2.05. The van der Waals surface area contributed by atoms with E-state index in [0.29, 0.717) is 0 Å². The molecule has 114 valence electrons. The summed E-state index contributed by atoms with van der Waals surface area (Å²) in [7, 11) is 0. The number of hydrogen-bond donors (Lipinski definition) is 0. The third-order valence-corrected chi connectivity index (χ3v) is 21.4. The number of rotatable bonds is 13. The molecule has 0 heterocycles. The van der Waals surface area contributed by atoms with Crippen LogP contribution >= 0.6 is 22.6 Å². The first-order chi connectivity index (χ1) is 9.16. The predicted octanol–water partition coefficient (Wildman–Crippen LogP) is 7.15. The van der Waals surface area contributed by atoms with Gasteiger partial charge < -0.3 is 0 Å². The average Bonchev–Trinajstić information content (AvgIpc) is 2.44. The molecule has 0 atom stereocenters. The molecule has 0 saturated heterocycles. The number of unbranched alkanes of at least 4 members (excludes halogenated alkanes) is 3. The predicted molar refractivity (Wildman–Crippen MR) is 102 cm³/mol. The first-order valence-electron chi connectivity index (χ1n) is 8.41. The van der Waals surface area contributed by atoms with Crippen molar-refractivity contribution in [3.63, 3.8) is 0 Å². The van der Waals surface area contributed by atoms with Gasteiger partial charge in [0, 0.05) is 0 Å². The van der Waals surface area contributed by atoms with Crippen molar-refractivity contribution in [1.29, 1.82) is 0 Å². The second kappa shape index (κ2) is 13.0. The maximum absolute atomic E-state index is 4.61. The Morgan fingerprint density at radius 2 is 1.26 bits per heavy atom. The first-order valence-corrected chi connectivity index (χ1v) is 17.4. The van der Waals surface area contributed by atoms with Crippen molar-refractivity contribution in [3.8, 4) is 0 Å². The van der Waals surface area contributed by atoms with Gasteiger partial charge in [-0.15, -0.1) is 0 Å². The summed E-state index contributed by atoms with van der Waals surface area (Å²) in [5, 5.41) is 0. The molecule has 0 rings (SSSR count). The van der Waals surface area contributed by atoms with E-state index in [9.17, 15) is 0 Å². The number of hydrogen-bond acceptors (Lipinski definition) is 0. The van der Waals surface area contributed by atoms with E-state index in [4.69, 9.17) is 0 Å². The fourth-order valence-corrected chi connectivity index (χ4v) is 19.4. The van der Waals surface area contributed by atoms with E-state index in [1.54, 1.807) is 16.9 Å². The van der Waals surface area contributed by atoms with E-state index < -0.39 is 18.4 Å². The van der Waals surface area contributed by atoms with Gasteiger partial charge in [0.25, 0.3) is 0 Å². The molecule has 0 fully saturated rings. The maximum atomic E-state index is 4.61. The molecular formula is C17H35ISn. The van der Waals surface area contributed by atoms with Crippen LogP contribution in [0, 0.1) is 0 Å². The molecule has 0 radical (unpaired) electrons. The average molecular weight is 485 g/mol. The van der Waals surface area contributed by atoms with Gasteiger partial charge in [-0.2, -0.15) is 0 Å². The molecule has 0 aliphatic rings. The van der Waals surface area contributed by atoms with Crippen LogP contribution in [0.5, 0.6) is 0 Å². The van der Waals surface area contributed by atoms with Gasteiger partial charge in [0.1, 0.15) is 0 Å². The third kappa shape index (κ3) is 8.33. The molecular weight excluding hydrogens is 450 g/mol. The summed E-state index contributed by atoms with van der Waals surface area (Å²) in [5.41, 5.74) is 0. The standard InChI is InChI=1S/C5H8I.3C4H9.Sn/c1-2-3-4-5-6;3*1-3-4-2;/h1,3-5H2;3*1,3-4H2,2H3;. The molecule has 2 heteroatoms. The molecule has 0 aromatic heterocycles. The fourth-order valence-electron chi connectivity index (χ4n) is 3.00. The van der Waals surface area contributed by atoms with E-state index in [1.807, 2.05) is 0 Å². The molecule has 0 unspecified atom stereocenters. The molecule has 0 aliphatic heterocycles. The second-order valence-corrected chi connectivity index (χ2v) is 20.7. The van der Waals surface area contributed by atoms with Crippen molar-refractivity contribution in [1.82, 2.24) is 0 Å². The summed E-state index contributed by atoms with van der Waals surface area (Å²) < 4.78 is 7.84. The molecule has 0 aromatic rings. The first kappa shape index (κ1) is 20.3. The minimum absolute atomic E-state index is 1.30. The van der Waals surface area contributed by atoms with Crippen LogP contribution in [0.3, 0.4) is 0 Å². The van der Waals surface area contributed by atoms with E-state index in [1.165, 1.54) is 55.8 Å². The van der Waals surface area contributed by atoms with Crippen LogP contribution in [0.15, 0.2) is 10.2 Å². The van der Waals surface area contributed by atoms with Crippen LogP contribution in [0.25, 0.3) is 0 Å². The van der Waals surface area contributed by atoms with Crippen molar-refractivity contribution >= 4 is 41.0 Å². The van der Waals surface area contributed by atoms with Crippen molar-refractivity contribution in [3.05, 3.63) is 10.2 Å². The molecule has 19 heavy (non-hydrogen) atoms. The van der Waals surface area contributed by atoms with E-state index in [-0.39, 0.29) is 0 Å². The molecule has 0 aliphatic carbocycles. The van der Waals surface area contributed by atoms with E-state index in [0.717, 1.165) is 0 Å². The van der Waals surface area contributed by atoms with Crippen LogP contribution in [-0.2, 0) is 0 Å². The van der Waals surface area contributed by atoms with Crippen LogP contribution < -0.4 is 0 Å². The molecule has 0 N–H and O–H groups in total. The van der Waals surface area contributed by atoms with E-state index in [2.05, 4.69) is 49.9 Å². The van der Waals surface area contributed by atoms with Gasteiger partial charge in [-0.25, -0.2) is 0 Å². The van der Waals surface area contributed by atoms with Crippen LogP contribution in [-0.4, -0.2) is 22.8 Å².